The van der Waals surface area contributed by atoms with Crippen molar-refractivity contribution in [1.82, 2.24) is 20.3 Å². The number of nitrogens with one attached hydrogen (secondary N) is 1. The second kappa shape index (κ2) is 12.7. The highest BCUT2D eigenvalue weighted by Gasteiger charge is 2.24. The molecule has 2 aromatic heterocycles. The van der Waals surface area contributed by atoms with E-state index < -0.39 is 5.60 Å². The Kier molecular flexibility index (Phi) is 8.86. The SMILES string of the molecule is CC(C)(C)OC(=O)NC1CCN(c2ccc(-c3cnc(N)c(C(=O)Cc4cnccc4N4CCOCC4)n3)cc2)CC1. The number of nitrogens with zero attached hydrogens (tertiary/aromatic N) is 5. The summed E-state index contributed by atoms with van der Waals surface area (Å²) in [6, 6.07) is 10.1. The number of nitrogens with two attached hydrogens (primary N) is 1. The van der Waals surface area contributed by atoms with Crippen molar-refractivity contribution in [1.29, 1.82) is 0 Å². The first-order chi connectivity index (χ1) is 20.2. The molecule has 1 aromatic carbocycles. The van der Waals surface area contributed by atoms with Gasteiger partial charge in [0.1, 0.15) is 11.3 Å². The number of rotatable bonds is 7. The molecule has 222 valence electrons. The molecular weight excluding hydrogens is 534 g/mol. The van der Waals surface area contributed by atoms with Gasteiger partial charge in [0.05, 0.1) is 25.1 Å². The van der Waals surface area contributed by atoms with Gasteiger partial charge < -0.3 is 30.3 Å². The molecule has 2 aliphatic heterocycles. The maximum absolute atomic E-state index is 13.4. The van der Waals surface area contributed by atoms with Crippen molar-refractivity contribution in [2.75, 3.05) is 54.9 Å². The van der Waals surface area contributed by atoms with Crippen molar-refractivity contribution in [2.24, 2.45) is 0 Å². The minimum atomic E-state index is -0.513. The first-order valence-corrected chi connectivity index (χ1v) is 14.4. The van der Waals surface area contributed by atoms with E-state index in [1.807, 2.05) is 51.1 Å². The Bertz CT molecular complexity index is 1390. The number of alkyl carbamates (subject to hydrolysis) is 1. The lowest BCUT2D eigenvalue weighted by atomic mass is 10.0. The molecule has 42 heavy (non-hydrogen) atoms. The zero-order chi connectivity index (χ0) is 29.7. The largest absolute Gasteiger partial charge is 0.444 e. The van der Waals surface area contributed by atoms with Gasteiger partial charge in [0.2, 0.25) is 0 Å². The molecule has 4 heterocycles. The van der Waals surface area contributed by atoms with Gasteiger partial charge in [-0.25, -0.2) is 14.8 Å². The second-order valence-electron chi connectivity index (χ2n) is 11.6. The average molecular weight is 574 g/mol. The molecule has 0 aliphatic carbocycles. The lowest BCUT2D eigenvalue weighted by molar-refractivity contribution is 0.0497. The van der Waals surface area contributed by atoms with E-state index in [0.29, 0.717) is 18.9 Å². The lowest BCUT2D eigenvalue weighted by Crippen LogP contribution is -2.46. The van der Waals surface area contributed by atoms with Crippen LogP contribution in [0.15, 0.2) is 48.9 Å². The van der Waals surface area contributed by atoms with Gasteiger partial charge in [-0.2, -0.15) is 0 Å². The fourth-order valence-corrected chi connectivity index (χ4v) is 5.27. The van der Waals surface area contributed by atoms with E-state index in [9.17, 15) is 9.59 Å². The Morgan fingerprint density at radius 3 is 2.43 bits per heavy atom. The maximum Gasteiger partial charge on any atom is 0.407 e. The molecule has 0 radical (unpaired) electrons. The second-order valence-corrected chi connectivity index (χ2v) is 11.6. The number of Topliss-reactive ketones (excluding diaryl/α,β-unsaturated/α-hetero) is 1. The molecule has 0 bridgehead atoms. The van der Waals surface area contributed by atoms with Crippen LogP contribution in [0.4, 0.5) is 22.0 Å². The number of hydrogen-bond acceptors (Lipinski definition) is 10. The average Bonchev–Trinajstić information content (AvgIpc) is 2.98. The minimum Gasteiger partial charge on any atom is -0.444 e. The normalized spacial score (nSPS) is 16.3. The number of anilines is 3. The van der Waals surface area contributed by atoms with Crippen LogP contribution in [0.1, 0.15) is 49.7 Å². The highest BCUT2D eigenvalue weighted by Crippen LogP contribution is 2.27. The van der Waals surface area contributed by atoms with Crippen molar-refractivity contribution in [3.05, 3.63) is 60.2 Å². The van der Waals surface area contributed by atoms with Gasteiger partial charge in [0.25, 0.3) is 0 Å². The number of carbonyl (C=O) groups is 2. The van der Waals surface area contributed by atoms with Crippen LogP contribution in [0.3, 0.4) is 0 Å². The fourth-order valence-electron chi connectivity index (χ4n) is 5.27. The summed E-state index contributed by atoms with van der Waals surface area (Å²) in [4.78, 5) is 43.2. The molecular formula is C31H39N7O4. The standard InChI is InChI=1S/C31H39N7O4/c1-31(2,3)42-30(40)35-23-9-12-37(13-10-23)24-6-4-21(5-7-24)25-20-34-29(32)28(36-25)27(39)18-22-19-33-11-8-26(22)38-14-16-41-17-15-38/h4-8,11,19-20,23H,9-10,12-18H2,1-3H3,(H2,32,34)(H,35,40). The predicted molar refractivity (Wildman–Crippen MR) is 162 cm³/mol. The van der Waals surface area contributed by atoms with Gasteiger partial charge in [0.15, 0.2) is 11.6 Å². The first-order valence-electron chi connectivity index (χ1n) is 14.4. The third kappa shape index (κ3) is 7.33. The Morgan fingerprint density at radius 2 is 1.74 bits per heavy atom. The summed E-state index contributed by atoms with van der Waals surface area (Å²) in [6.45, 7) is 10.0. The van der Waals surface area contributed by atoms with E-state index in [4.69, 9.17) is 15.2 Å². The summed E-state index contributed by atoms with van der Waals surface area (Å²) in [5.74, 6) is -0.0936. The lowest BCUT2D eigenvalue weighted by Gasteiger charge is -2.34. The molecule has 1 amide bonds. The van der Waals surface area contributed by atoms with Gasteiger partial charge in [-0.15, -0.1) is 0 Å². The topological polar surface area (TPSA) is 136 Å². The molecule has 2 aliphatic rings. The van der Waals surface area contributed by atoms with Crippen LogP contribution in [0.2, 0.25) is 0 Å². The van der Waals surface area contributed by atoms with Crippen LogP contribution < -0.4 is 20.9 Å². The van der Waals surface area contributed by atoms with Gasteiger partial charge in [-0.1, -0.05) is 12.1 Å². The predicted octanol–water partition coefficient (Wildman–Crippen LogP) is 3.88. The van der Waals surface area contributed by atoms with Crippen LogP contribution in [0, 0.1) is 0 Å². The van der Waals surface area contributed by atoms with Crippen molar-refractivity contribution < 1.29 is 19.1 Å². The number of morpholine rings is 1. The number of aromatic nitrogens is 3. The molecule has 2 saturated heterocycles. The van der Waals surface area contributed by atoms with Gasteiger partial charge in [0, 0.05) is 73.5 Å². The van der Waals surface area contributed by atoms with Gasteiger partial charge in [-0.3, -0.25) is 9.78 Å². The zero-order valence-corrected chi connectivity index (χ0v) is 24.5. The van der Waals surface area contributed by atoms with E-state index in [1.165, 1.54) is 0 Å². The quantitative estimate of drug-likeness (QED) is 0.401. The summed E-state index contributed by atoms with van der Waals surface area (Å²) in [7, 11) is 0. The van der Waals surface area contributed by atoms with E-state index in [2.05, 4.69) is 30.1 Å². The Balaban J connectivity index is 1.22. The molecule has 2 fully saturated rings. The molecule has 3 N–H and O–H groups in total. The Labute approximate surface area is 246 Å². The summed E-state index contributed by atoms with van der Waals surface area (Å²) in [5, 5.41) is 2.98. The third-order valence-electron chi connectivity index (χ3n) is 7.39. The number of piperidine rings is 1. The van der Waals surface area contributed by atoms with Crippen LogP contribution >= 0.6 is 0 Å². The number of carbonyl (C=O) groups excluding carboxylic acids is 2. The fraction of sp³-hybridized carbons (Fsp3) is 0.452. The summed E-state index contributed by atoms with van der Waals surface area (Å²) < 4.78 is 10.9. The summed E-state index contributed by atoms with van der Waals surface area (Å²) >= 11 is 0. The van der Waals surface area contributed by atoms with Gasteiger partial charge >= 0.3 is 6.09 Å². The van der Waals surface area contributed by atoms with Crippen LogP contribution in [0.5, 0.6) is 0 Å². The van der Waals surface area contributed by atoms with Crippen molar-refractivity contribution >= 4 is 29.1 Å². The molecule has 0 saturated carbocycles. The van der Waals surface area contributed by atoms with Crippen LogP contribution in [-0.4, -0.2) is 77.9 Å². The molecule has 0 spiro atoms. The Hall–Kier alpha value is -4.25. The zero-order valence-electron chi connectivity index (χ0n) is 24.5. The molecule has 0 unspecified atom stereocenters. The molecule has 3 aromatic rings. The number of nitrogen functional groups attached to an aromatic ring is 1. The Morgan fingerprint density at radius 1 is 1.02 bits per heavy atom. The van der Waals surface area contributed by atoms with Crippen LogP contribution in [-0.2, 0) is 15.9 Å². The van der Waals surface area contributed by atoms with Crippen LogP contribution in [0.25, 0.3) is 11.3 Å². The highest BCUT2D eigenvalue weighted by atomic mass is 16.6. The van der Waals surface area contributed by atoms with E-state index >= 15 is 0 Å². The van der Waals surface area contributed by atoms with E-state index in [-0.39, 0.29) is 35.9 Å². The summed E-state index contributed by atoms with van der Waals surface area (Å²) in [5.41, 5.74) is 10.1. The van der Waals surface area contributed by atoms with E-state index in [0.717, 1.165) is 61.5 Å². The van der Waals surface area contributed by atoms with E-state index in [1.54, 1.807) is 18.6 Å². The number of hydrogen-bond donors (Lipinski definition) is 2. The number of pyridine rings is 1. The first kappa shape index (κ1) is 29.2. The van der Waals surface area contributed by atoms with Crippen molar-refractivity contribution in [3.63, 3.8) is 0 Å². The monoisotopic (exact) mass is 573 g/mol. The minimum absolute atomic E-state index is 0.0907. The number of ketones is 1. The number of benzene rings is 1. The number of amides is 1. The maximum atomic E-state index is 13.4. The molecule has 11 nitrogen and oxygen atoms in total. The molecule has 5 rings (SSSR count). The molecule has 11 heteroatoms. The van der Waals surface area contributed by atoms with Gasteiger partial charge in [-0.05, 0) is 51.8 Å². The summed E-state index contributed by atoms with van der Waals surface area (Å²) in [6.07, 6.45) is 6.48. The molecule has 0 atom stereocenters. The highest BCUT2D eigenvalue weighted by molar-refractivity contribution is 6.00. The van der Waals surface area contributed by atoms with Crippen molar-refractivity contribution in [2.45, 2.75) is 51.7 Å². The smallest absolute Gasteiger partial charge is 0.407 e. The third-order valence-corrected chi connectivity index (χ3v) is 7.39. The van der Waals surface area contributed by atoms with Crippen molar-refractivity contribution in [3.8, 4) is 11.3 Å². The number of ether oxygens (including phenoxy) is 2.